The predicted octanol–water partition coefficient (Wildman–Crippen LogP) is 0.213. The molecule has 3 N–H and O–H groups in total. The minimum absolute atomic E-state index is 0.210. The number of unbranched alkanes of at least 4 members (excludes halogenated alkanes) is 1. The molecule has 0 amide bonds. The summed E-state index contributed by atoms with van der Waals surface area (Å²) in [6.45, 7) is 1.86. The number of carboxylic acid groups (broad SMARTS) is 1. The number of carbonyl (C=O) groups is 1. The molecule has 0 aromatic carbocycles. The Labute approximate surface area is 72.6 Å². The molecule has 0 rings (SSSR count). The van der Waals surface area contributed by atoms with Crippen LogP contribution in [-0.4, -0.2) is 35.9 Å². The van der Waals surface area contributed by atoms with Gasteiger partial charge in [-0.25, -0.2) is 0 Å². The molecule has 0 bridgehead atoms. The number of hydrogen-bond donors (Lipinski definition) is 3. The van der Waals surface area contributed by atoms with Crippen LogP contribution in [0.2, 0.25) is 0 Å². The van der Waals surface area contributed by atoms with Gasteiger partial charge in [-0.05, 0) is 32.4 Å². The number of carboxylic acids is 1. The molecule has 0 saturated carbocycles. The molecule has 0 aliphatic rings. The highest BCUT2D eigenvalue weighted by molar-refractivity contribution is 5.66. The number of hydrogen-bond acceptors (Lipinski definition) is 3. The molecule has 4 nitrogen and oxygen atoms in total. The maximum absolute atomic E-state index is 10.1. The normalized spacial score (nSPS) is 10.1. The second kappa shape index (κ2) is 8.49. The van der Waals surface area contributed by atoms with E-state index in [0.29, 0.717) is 0 Å². The van der Waals surface area contributed by atoms with Crippen molar-refractivity contribution in [2.45, 2.75) is 25.7 Å². The summed E-state index contributed by atoms with van der Waals surface area (Å²) in [6, 6.07) is 0. The first-order valence-electron chi connectivity index (χ1n) is 4.30. The fourth-order valence-corrected chi connectivity index (χ4v) is 0.855. The molecule has 72 valence electrons. The van der Waals surface area contributed by atoms with Crippen molar-refractivity contribution in [1.82, 2.24) is 5.32 Å². The number of aliphatic carboxylic acids is 1. The molecule has 0 saturated heterocycles. The Morgan fingerprint density at radius 3 is 2.42 bits per heavy atom. The fraction of sp³-hybridized carbons (Fsp3) is 0.875. The van der Waals surface area contributed by atoms with Crippen LogP contribution in [0.25, 0.3) is 0 Å². The first-order valence-corrected chi connectivity index (χ1v) is 4.30. The molecule has 0 aromatic heterocycles. The quantitative estimate of drug-likeness (QED) is 0.461. The Morgan fingerprint density at radius 2 is 1.83 bits per heavy atom. The zero-order valence-corrected chi connectivity index (χ0v) is 7.25. The van der Waals surface area contributed by atoms with Gasteiger partial charge in [0.25, 0.3) is 0 Å². The summed E-state index contributed by atoms with van der Waals surface area (Å²) in [6.07, 6.45) is 2.62. The summed E-state index contributed by atoms with van der Waals surface area (Å²) in [7, 11) is 0. The number of aliphatic hydroxyl groups is 1. The minimum atomic E-state index is -0.731. The van der Waals surface area contributed by atoms with Crippen LogP contribution >= 0.6 is 0 Å². The maximum Gasteiger partial charge on any atom is 0.303 e. The van der Waals surface area contributed by atoms with Crippen LogP contribution in [0, 0.1) is 0 Å². The first-order chi connectivity index (χ1) is 5.77. The lowest BCUT2D eigenvalue weighted by molar-refractivity contribution is -0.137. The Bertz CT molecular complexity index is 117. The van der Waals surface area contributed by atoms with Gasteiger partial charge in [-0.2, -0.15) is 0 Å². The van der Waals surface area contributed by atoms with E-state index < -0.39 is 5.97 Å². The molecule has 0 aliphatic carbocycles. The number of rotatable bonds is 8. The van der Waals surface area contributed by atoms with Crippen LogP contribution in [-0.2, 0) is 4.79 Å². The summed E-state index contributed by atoms with van der Waals surface area (Å²) in [5.41, 5.74) is 0. The molecule has 0 spiro atoms. The Kier molecular flexibility index (Phi) is 8.05. The van der Waals surface area contributed by atoms with E-state index in [1.54, 1.807) is 0 Å². The van der Waals surface area contributed by atoms with Gasteiger partial charge < -0.3 is 15.5 Å². The van der Waals surface area contributed by atoms with E-state index in [4.69, 9.17) is 10.2 Å². The lowest BCUT2D eigenvalue weighted by Gasteiger charge is -2.01. The average molecular weight is 175 g/mol. The smallest absolute Gasteiger partial charge is 0.303 e. The molecule has 0 unspecified atom stereocenters. The molecule has 4 heteroatoms. The lowest BCUT2D eigenvalue weighted by atomic mass is 10.2. The Morgan fingerprint density at radius 1 is 1.17 bits per heavy atom. The van der Waals surface area contributed by atoms with Gasteiger partial charge in [0, 0.05) is 13.0 Å². The SMILES string of the molecule is O=C(O)CCCCNCCCO. The predicted molar refractivity (Wildman–Crippen MR) is 46.1 cm³/mol. The molecule has 0 aliphatic heterocycles. The summed E-state index contributed by atoms with van der Waals surface area (Å²) in [4.78, 5) is 10.1. The summed E-state index contributed by atoms with van der Waals surface area (Å²) < 4.78 is 0. The second-order valence-corrected chi connectivity index (χ2v) is 2.68. The van der Waals surface area contributed by atoms with Gasteiger partial charge >= 0.3 is 5.97 Å². The highest BCUT2D eigenvalue weighted by Gasteiger charge is 1.95. The zero-order chi connectivity index (χ0) is 9.23. The van der Waals surface area contributed by atoms with Gasteiger partial charge in [-0.15, -0.1) is 0 Å². The van der Waals surface area contributed by atoms with E-state index >= 15 is 0 Å². The van der Waals surface area contributed by atoms with Crippen molar-refractivity contribution in [3.05, 3.63) is 0 Å². The van der Waals surface area contributed by atoms with Crippen LogP contribution in [0.5, 0.6) is 0 Å². The topological polar surface area (TPSA) is 69.6 Å². The van der Waals surface area contributed by atoms with Gasteiger partial charge in [0.2, 0.25) is 0 Å². The lowest BCUT2D eigenvalue weighted by Crippen LogP contribution is -2.17. The van der Waals surface area contributed by atoms with Gasteiger partial charge in [0.05, 0.1) is 0 Å². The fourth-order valence-electron chi connectivity index (χ4n) is 0.855. The van der Waals surface area contributed by atoms with E-state index in [1.165, 1.54) is 0 Å². The molecule has 0 heterocycles. The molecule has 12 heavy (non-hydrogen) atoms. The monoisotopic (exact) mass is 175 g/mol. The molecular formula is C8H17NO3. The van der Waals surface area contributed by atoms with Gasteiger partial charge in [0.15, 0.2) is 0 Å². The van der Waals surface area contributed by atoms with E-state index in [2.05, 4.69) is 5.32 Å². The van der Waals surface area contributed by atoms with Crippen molar-refractivity contribution < 1.29 is 15.0 Å². The van der Waals surface area contributed by atoms with Gasteiger partial charge in [0.1, 0.15) is 0 Å². The van der Waals surface area contributed by atoms with Crippen LogP contribution in [0.3, 0.4) is 0 Å². The van der Waals surface area contributed by atoms with Gasteiger partial charge in [-0.3, -0.25) is 4.79 Å². The third kappa shape index (κ3) is 9.39. The molecule has 0 atom stereocenters. The van der Waals surface area contributed by atoms with Crippen molar-refractivity contribution >= 4 is 5.97 Å². The highest BCUT2D eigenvalue weighted by atomic mass is 16.4. The van der Waals surface area contributed by atoms with Crippen LogP contribution in [0.4, 0.5) is 0 Å². The summed E-state index contributed by atoms with van der Waals surface area (Å²) in [5.74, 6) is -0.731. The van der Waals surface area contributed by atoms with Gasteiger partial charge in [-0.1, -0.05) is 0 Å². The van der Waals surface area contributed by atoms with Crippen LogP contribution in [0.15, 0.2) is 0 Å². The van der Waals surface area contributed by atoms with Crippen molar-refractivity contribution in [3.63, 3.8) is 0 Å². The standard InChI is InChI=1S/C8H17NO3/c10-7-3-6-9-5-2-1-4-8(11)12/h9-10H,1-7H2,(H,11,12). The van der Waals surface area contributed by atoms with E-state index in [1.807, 2.05) is 0 Å². The van der Waals surface area contributed by atoms with Crippen LogP contribution < -0.4 is 5.32 Å². The van der Waals surface area contributed by atoms with E-state index in [9.17, 15) is 4.79 Å². The molecule has 0 fully saturated rings. The summed E-state index contributed by atoms with van der Waals surface area (Å²) in [5, 5.41) is 19.8. The van der Waals surface area contributed by atoms with Crippen molar-refractivity contribution in [2.24, 2.45) is 0 Å². The van der Waals surface area contributed by atoms with E-state index in [-0.39, 0.29) is 13.0 Å². The Hall–Kier alpha value is -0.610. The van der Waals surface area contributed by atoms with Crippen molar-refractivity contribution in [1.29, 1.82) is 0 Å². The molecule has 0 radical (unpaired) electrons. The largest absolute Gasteiger partial charge is 0.481 e. The first kappa shape index (κ1) is 11.4. The highest BCUT2D eigenvalue weighted by Crippen LogP contribution is 1.92. The van der Waals surface area contributed by atoms with Crippen LogP contribution in [0.1, 0.15) is 25.7 Å². The number of aliphatic hydroxyl groups excluding tert-OH is 1. The second-order valence-electron chi connectivity index (χ2n) is 2.68. The molecule has 0 aromatic rings. The third-order valence-corrected chi connectivity index (χ3v) is 1.51. The molecular weight excluding hydrogens is 158 g/mol. The Balaban J connectivity index is 2.86. The zero-order valence-electron chi connectivity index (χ0n) is 7.25. The number of nitrogens with one attached hydrogen (secondary N) is 1. The maximum atomic E-state index is 10.1. The van der Waals surface area contributed by atoms with Crippen molar-refractivity contribution in [2.75, 3.05) is 19.7 Å². The average Bonchev–Trinajstić information content (AvgIpc) is 2.02. The minimum Gasteiger partial charge on any atom is -0.481 e. The van der Waals surface area contributed by atoms with E-state index in [0.717, 1.165) is 32.4 Å². The van der Waals surface area contributed by atoms with Crippen molar-refractivity contribution in [3.8, 4) is 0 Å². The summed E-state index contributed by atoms with van der Waals surface area (Å²) >= 11 is 0. The third-order valence-electron chi connectivity index (χ3n) is 1.51.